The number of alkyl halides is 1. The molecule has 0 aliphatic heterocycles. The first-order valence-electron chi connectivity index (χ1n) is 3.02. The van der Waals surface area contributed by atoms with Gasteiger partial charge in [-0.1, -0.05) is 27.5 Å². The van der Waals surface area contributed by atoms with Crippen molar-refractivity contribution in [2.75, 3.05) is 7.11 Å². The van der Waals surface area contributed by atoms with E-state index in [4.69, 9.17) is 16.3 Å². The second-order valence-corrected chi connectivity index (χ2v) is 2.89. The molecule has 0 N–H and O–H groups in total. The topological polar surface area (TPSA) is 22.1 Å². The van der Waals surface area contributed by atoms with Crippen molar-refractivity contribution in [1.82, 2.24) is 4.98 Å². The summed E-state index contributed by atoms with van der Waals surface area (Å²) in [5.41, 5.74) is 0.936. The molecule has 2 nitrogen and oxygen atoms in total. The molecule has 0 spiro atoms. The molecule has 0 saturated carbocycles. The predicted molar refractivity (Wildman–Crippen MR) is 48.4 cm³/mol. The fourth-order valence-corrected chi connectivity index (χ4v) is 1.53. The van der Waals surface area contributed by atoms with Gasteiger partial charge in [-0.05, 0) is 0 Å². The van der Waals surface area contributed by atoms with Crippen LogP contribution >= 0.6 is 27.5 Å². The summed E-state index contributed by atoms with van der Waals surface area (Å²) in [6.45, 7) is 0. The van der Waals surface area contributed by atoms with Crippen molar-refractivity contribution < 1.29 is 4.74 Å². The van der Waals surface area contributed by atoms with Gasteiger partial charge in [-0.15, -0.1) is 0 Å². The second-order valence-electron chi connectivity index (χ2n) is 1.95. The van der Waals surface area contributed by atoms with Gasteiger partial charge in [-0.25, -0.2) is 0 Å². The molecule has 0 bridgehead atoms. The van der Waals surface area contributed by atoms with Crippen LogP contribution in [0.25, 0.3) is 0 Å². The maximum Gasteiger partial charge on any atom is 0.156 e. The quantitative estimate of drug-likeness (QED) is 0.737. The number of halogens is 2. The molecule has 0 amide bonds. The molecule has 11 heavy (non-hydrogen) atoms. The molecule has 0 fully saturated rings. The summed E-state index contributed by atoms with van der Waals surface area (Å²) in [6, 6.07) is 0. The number of methoxy groups -OCH3 is 1. The number of pyridine rings is 1. The maximum atomic E-state index is 5.91. The van der Waals surface area contributed by atoms with Crippen molar-refractivity contribution in [3.63, 3.8) is 0 Å². The van der Waals surface area contributed by atoms with Gasteiger partial charge < -0.3 is 4.74 Å². The van der Waals surface area contributed by atoms with Crippen LogP contribution in [0.4, 0.5) is 0 Å². The second kappa shape index (κ2) is 3.93. The van der Waals surface area contributed by atoms with Gasteiger partial charge in [0.25, 0.3) is 0 Å². The minimum atomic E-state index is 0.614. The highest BCUT2D eigenvalue weighted by Gasteiger charge is 2.04. The first kappa shape index (κ1) is 8.81. The molecule has 0 aliphatic carbocycles. The van der Waals surface area contributed by atoms with E-state index in [0.29, 0.717) is 16.1 Å². The molecule has 1 aromatic heterocycles. The number of hydrogen-bond donors (Lipinski definition) is 0. The van der Waals surface area contributed by atoms with Crippen LogP contribution in [0, 0.1) is 0 Å². The zero-order valence-corrected chi connectivity index (χ0v) is 8.32. The van der Waals surface area contributed by atoms with Gasteiger partial charge in [0.1, 0.15) is 0 Å². The van der Waals surface area contributed by atoms with Crippen LogP contribution in [0.5, 0.6) is 5.75 Å². The van der Waals surface area contributed by atoms with Gasteiger partial charge in [0, 0.05) is 17.1 Å². The van der Waals surface area contributed by atoms with Gasteiger partial charge >= 0.3 is 0 Å². The van der Waals surface area contributed by atoms with E-state index >= 15 is 0 Å². The molecule has 1 heterocycles. The zero-order chi connectivity index (χ0) is 8.27. The summed E-state index contributed by atoms with van der Waals surface area (Å²) < 4.78 is 4.97. The van der Waals surface area contributed by atoms with Crippen LogP contribution in [0.15, 0.2) is 12.4 Å². The Morgan fingerprint density at radius 1 is 1.64 bits per heavy atom. The molecule has 1 rings (SSSR count). The first-order valence-corrected chi connectivity index (χ1v) is 4.52. The maximum absolute atomic E-state index is 5.91. The van der Waals surface area contributed by atoms with E-state index in [-0.39, 0.29) is 0 Å². The lowest BCUT2D eigenvalue weighted by Crippen LogP contribution is -1.89. The number of ether oxygens (including phenoxy) is 1. The van der Waals surface area contributed by atoms with E-state index in [0.717, 1.165) is 5.56 Å². The monoisotopic (exact) mass is 235 g/mol. The first-order chi connectivity index (χ1) is 5.29. The highest BCUT2D eigenvalue weighted by Crippen LogP contribution is 2.27. The molecular formula is C7H7BrClNO. The average Bonchev–Trinajstić information content (AvgIpc) is 2.05. The highest BCUT2D eigenvalue weighted by molar-refractivity contribution is 9.08. The van der Waals surface area contributed by atoms with E-state index < -0.39 is 0 Å². The lowest BCUT2D eigenvalue weighted by atomic mass is 10.3. The van der Waals surface area contributed by atoms with Crippen LogP contribution in [-0.2, 0) is 5.33 Å². The van der Waals surface area contributed by atoms with Crippen LogP contribution in [0.3, 0.4) is 0 Å². The Hall–Kier alpha value is -0.280. The van der Waals surface area contributed by atoms with E-state index in [9.17, 15) is 0 Å². The van der Waals surface area contributed by atoms with Crippen molar-refractivity contribution in [3.8, 4) is 5.75 Å². The number of aromatic nitrogens is 1. The normalized spacial score (nSPS) is 9.73. The van der Waals surface area contributed by atoms with E-state index in [2.05, 4.69) is 20.9 Å². The van der Waals surface area contributed by atoms with Crippen molar-refractivity contribution in [3.05, 3.63) is 23.0 Å². The molecule has 0 radical (unpaired) electrons. The molecule has 0 atom stereocenters. The third kappa shape index (κ3) is 1.84. The van der Waals surface area contributed by atoms with Crippen LogP contribution in [0.2, 0.25) is 5.02 Å². The van der Waals surface area contributed by atoms with Gasteiger partial charge in [-0.3, -0.25) is 4.98 Å². The number of nitrogens with zero attached hydrogens (tertiary/aromatic N) is 1. The van der Waals surface area contributed by atoms with Gasteiger partial charge in [-0.2, -0.15) is 0 Å². The molecule has 0 saturated heterocycles. The Morgan fingerprint density at radius 2 is 2.36 bits per heavy atom. The largest absolute Gasteiger partial charge is 0.494 e. The third-order valence-electron chi connectivity index (χ3n) is 1.28. The smallest absolute Gasteiger partial charge is 0.156 e. The zero-order valence-electron chi connectivity index (χ0n) is 5.97. The van der Waals surface area contributed by atoms with E-state index in [1.165, 1.54) is 0 Å². The Morgan fingerprint density at radius 3 is 2.91 bits per heavy atom. The highest BCUT2D eigenvalue weighted by atomic mass is 79.9. The van der Waals surface area contributed by atoms with Crippen LogP contribution in [0.1, 0.15) is 5.56 Å². The minimum Gasteiger partial charge on any atom is -0.494 e. The number of rotatable bonds is 2. The molecule has 60 valence electrons. The van der Waals surface area contributed by atoms with Crippen molar-refractivity contribution in [2.24, 2.45) is 0 Å². The minimum absolute atomic E-state index is 0.614. The summed E-state index contributed by atoms with van der Waals surface area (Å²) in [7, 11) is 1.57. The number of hydrogen-bond acceptors (Lipinski definition) is 2. The summed E-state index contributed by atoms with van der Waals surface area (Å²) >= 11 is 9.21. The van der Waals surface area contributed by atoms with E-state index in [1.807, 2.05) is 0 Å². The summed E-state index contributed by atoms with van der Waals surface area (Å²) in [4.78, 5) is 3.95. The molecule has 1 aromatic rings. The molecular weight excluding hydrogens is 229 g/mol. The van der Waals surface area contributed by atoms with Gasteiger partial charge in [0.2, 0.25) is 0 Å². The Kier molecular flexibility index (Phi) is 3.15. The lowest BCUT2D eigenvalue weighted by Gasteiger charge is -2.04. The predicted octanol–water partition coefficient (Wildman–Crippen LogP) is 2.64. The fourth-order valence-electron chi connectivity index (χ4n) is 0.702. The van der Waals surface area contributed by atoms with Crippen molar-refractivity contribution in [2.45, 2.75) is 5.33 Å². The molecule has 0 aromatic carbocycles. The van der Waals surface area contributed by atoms with Gasteiger partial charge in [0.15, 0.2) is 5.75 Å². The summed E-state index contributed by atoms with van der Waals surface area (Å²) in [5.74, 6) is 0.614. The van der Waals surface area contributed by atoms with Crippen molar-refractivity contribution >= 4 is 27.5 Å². The Bertz CT molecular complexity index is 232. The lowest BCUT2D eigenvalue weighted by molar-refractivity contribution is 0.412. The standard InChI is InChI=1S/C7H7BrClNO/c1-11-6-4-10-3-5(2-8)7(6)9/h3-4H,2H2,1H3. The van der Waals surface area contributed by atoms with Crippen LogP contribution < -0.4 is 4.74 Å². The van der Waals surface area contributed by atoms with Gasteiger partial charge in [0.05, 0.1) is 18.3 Å². The Balaban J connectivity index is 3.10. The summed E-state index contributed by atoms with van der Waals surface area (Å²) in [5, 5.41) is 1.31. The fraction of sp³-hybridized carbons (Fsp3) is 0.286. The Labute approximate surface area is 78.7 Å². The summed E-state index contributed by atoms with van der Waals surface area (Å²) in [6.07, 6.45) is 3.30. The average molecular weight is 236 g/mol. The molecule has 0 aliphatic rings. The molecule has 0 unspecified atom stereocenters. The van der Waals surface area contributed by atoms with Crippen LogP contribution in [-0.4, -0.2) is 12.1 Å². The SMILES string of the molecule is COc1cncc(CBr)c1Cl. The van der Waals surface area contributed by atoms with Crippen molar-refractivity contribution in [1.29, 1.82) is 0 Å². The van der Waals surface area contributed by atoms with E-state index in [1.54, 1.807) is 19.5 Å². The molecule has 4 heteroatoms. The third-order valence-corrected chi connectivity index (χ3v) is 2.32.